The Balaban J connectivity index is 0.000000371. The third-order valence-electron chi connectivity index (χ3n) is 0.566. The molecule has 0 aromatic heterocycles. The molecule has 0 spiro atoms. The van der Waals surface area contributed by atoms with E-state index in [2.05, 4.69) is 7.58 Å². The Labute approximate surface area is 60.5 Å². The lowest BCUT2D eigenvalue weighted by Gasteiger charge is -1.79. The zero-order valence-electron chi connectivity index (χ0n) is 4.54. The van der Waals surface area contributed by atoms with E-state index in [0.717, 1.165) is 0 Å². The Hall–Kier alpha value is -1.11. The van der Waals surface area contributed by atoms with Gasteiger partial charge in [-0.2, -0.15) is 0 Å². The molecular weight excluding hydrogens is 160 g/mol. The third kappa shape index (κ3) is 2.02. The number of rotatable bonds is 0. The highest BCUT2D eigenvalue weighted by atomic mass is 27.3. The minimum atomic E-state index is -3.36. The average Bonchev–Trinajstić information content (AvgIpc) is 2.16. The molecule has 0 atom stereocenters. The van der Waals surface area contributed by atoms with Crippen molar-refractivity contribution < 1.29 is 20.7 Å². The van der Waals surface area contributed by atoms with Gasteiger partial charge in [-0.05, 0) is 0 Å². The lowest BCUT2D eigenvalue weighted by atomic mass is 10.7. The van der Waals surface area contributed by atoms with Crippen LogP contribution in [0.15, 0.2) is 0 Å². The first-order valence-electron chi connectivity index (χ1n) is 1.98. The second kappa shape index (κ2) is 3.83. The molecule has 1 aliphatic heterocycles. The number of hydrogen-bond donors (Lipinski definition) is 0. The van der Waals surface area contributed by atoms with Crippen LogP contribution in [0.4, 0.5) is 3.52 Å². The van der Waals surface area contributed by atoms with Crippen LogP contribution in [0.2, 0.25) is 0 Å². The third-order valence-corrected chi connectivity index (χ3v) is 1.36. The van der Waals surface area contributed by atoms with Crippen molar-refractivity contribution in [1.29, 1.82) is 5.26 Å². The Bertz CT molecular complexity index is 165. The summed E-state index contributed by atoms with van der Waals surface area (Å²) in [6, 6.07) is 0. The maximum atomic E-state index is 11.7. The molecule has 7 heteroatoms. The van der Waals surface area contributed by atoms with E-state index in [-0.39, 0.29) is 0 Å². The minimum Gasteiger partial charge on any atom is -0.550 e. The molecule has 0 aromatic rings. The van der Waals surface area contributed by atoms with Crippen LogP contribution >= 0.6 is 0 Å². The number of hydrogen-bond acceptors (Lipinski definition) is 5. The second-order valence-corrected chi connectivity index (χ2v) is 2.11. The average molecular weight is 160 g/mol. The van der Waals surface area contributed by atoms with Crippen molar-refractivity contribution in [3.8, 4) is 0 Å². The highest BCUT2D eigenvalue weighted by Crippen LogP contribution is 2.01. The van der Waals surface area contributed by atoms with Gasteiger partial charge in [-0.1, -0.05) is 0 Å². The van der Waals surface area contributed by atoms with Crippen LogP contribution in [-0.4, -0.2) is 27.2 Å². The van der Waals surface area contributed by atoms with Gasteiger partial charge in [0.25, 0.3) is 0 Å². The van der Waals surface area contributed by atoms with Crippen LogP contribution in [0.5, 0.6) is 0 Å². The van der Waals surface area contributed by atoms with Crippen molar-refractivity contribution in [3.05, 3.63) is 6.57 Å². The van der Waals surface area contributed by atoms with E-state index in [9.17, 15) is 13.1 Å². The van der Waals surface area contributed by atoms with Crippen LogP contribution in [0, 0.1) is 11.8 Å². The van der Waals surface area contributed by atoms with Crippen molar-refractivity contribution in [2.45, 2.75) is 0 Å². The van der Waals surface area contributed by atoms with E-state index < -0.39 is 27.2 Å². The molecule has 0 amide bonds. The molecule has 52 valence electrons. The maximum Gasteiger partial charge on any atom is 1.15 e. The zero-order chi connectivity index (χ0) is 8.15. The standard InChI is InChI=1S/C2H2O4.CN.Al.FH/c3-1(4)2(5)6;1-2;;/h(H,3,4)(H,5,6);;;1H/q;-1;+3;/p-3. The van der Waals surface area contributed by atoms with E-state index in [1.807, 2.05) is 0 Å². The fourth-order valence-electron chi connectivity index (χ4n) is 0.289. The van der Waals surface area contributed by atoms with Crippen LogP contribution in [-0.2, 0) is 17.2 Å². The van der Waals surface area contributed by atoms with Crippen molar-refractivity contribution >= 4 is 27.2 Å². The van der Waals surface area contributed by atoms with Crippen molar-refractivity contribution in [2.75, 3.05) is 0 Å². The summed E-state index contributed by atoms with van der Waals surface area (Å²) in [5, 5.41) is 6.25. The minimum absolute atomic E-state index is 1.22. The summed E-state index contributed by atoms with van der Waals surface area (Å²) in [7, 11) is 0. The lowest BCUT2D eigenvalue weighted by molar-refractivity contribution is -0.150. The molecule has 0 radical (unpaired) electrons. The first-order valence-corrected chi connectivity index (χ1v) is 3.36. The van der Waals surface area contributed by atoms with Gasteiger partial charge in [-0.3, -0.25) is 0 Å². The topological polar surface area (TPSA) is 76.4 Å². The molecule has 0 saturated carbocycles. The fourth-order valence-corrected chi connectivity index (χ4v) is 0.866. The smallest absolute Gasteiger partial charge is 0.550 e. The monoisotopic (exact) mass is 160 g/mol. The summed E-state index contributed by atoms with van der Waals surface area (Å²) < 4.78 is 19.1. The van der Waals surface area contributed by atoms with Gasteiger partial charge in [-0.15, -0.1) is 0 Å². The first-order chi connectivity index (χ1) is 4.70. The van der Waals surface area contributed by atoms with Crippen LogP contribution in [0.3, 0.4) is 0 Å². The highest BCUT2D eigenvalue weighted by molar-refractivity contribution is 6.55. The normalized spacial score (nSPS) is 14.9. The van der Waals surface area contributed by atoms with Crippen LogP contribution in [0.1, 0.15) is 0 Å². The van der Waals surface area contributed by atoms with Gasteiger partial charge in [0.15, 0.2) is 0 Å². The van der Waals surface area contributed by atoms with E-state index in [4.69, 9.17) is 11.8 Å². The van der Waals surface area contributed by atoms with Gasteiger partial charge in [0.05, 0.1) is 0 Å². The summed E-state index contributed by atoms with van der Waals surface area (Å²) in [6.07, 6.45) is 0. The van der Waals surface area contributed by atoms with Gasteiger partial charge in [-0.25, -0.2) is 9.59 Å². The number of carbonyl (C=O) groups is 2. The van der Waals surface area contributed by atoms with E-state index in [0.29, 0.717) is 0 Å². The number of carbonyl (C=O) groups excluding carboxylic acids is 2. The zero-order valence-corrected chi connectivity index (χ0v) is 5.69. The largest absolute Gasteiger partial charge is 1.15 e. The molecule has 0 aliphatic carbocycles. The Morgan fingerprint density at radius 3 is 1.70 bits per heavy atom. The summed E-state index contributed by atoms with van der Waals surface area (Å²) in [5.74, 6) is -2.44. The lowest BCUT2D eigenvalue weighted by Crippen LogP contribution is -2.05. The van der Waals surface area contributed by atoms with Gasteiger partial charge >= 0.3 is 27.2 Å². The molecule has 1 heterocycles. The first kappa shape index (κ1) is 8.89. The number of nitrogens with zero attached hydrogens (tertiary/aromatic N) is 1. The Morgan fingerprint density at radius 1 is 1.30 bits per heavy atom. The molecule has 5 nitrogen and oxygen atoms in total. The van der Waals surface area contributed by atoms with Crippen LogP contribution < -0.4 is 0 Å². The predicted octanol–water partition coefficient (Wildman–Crippen LogP) is -0.863. The van der Waals surface area contributed by atoms with Crippen LogP contribution in [0.25, 0.3) is 0 Å². The molecule has 0 N–H and O–H groups in total. The summed E-state index contributed by atoms with van der Waals surface area (Å²) in [6.45, 7) is 4.75. The Morgan fingerprint density at radius 2 is 1.60 bits per heavy atom. The molecule has 0 aromatic carbocycles. The highest BCUT2D eigenvalue weighted by Gasteiger charge is 2.51. The molecule has 1 saturated heterocycles. The van der Waals surface area contributed by atoms with Gasteiger partial charge in [0.1, 0.15) is 0 Å². The molecule has 0 unspecified atom stereocenters. The van der Waals surface area contributed by atoms with E-state index >= 15 is 0 Å². The van der Waals surface area contributed by atoms with Gasteiger partial charge in [0.2, 0.25) is 0 Å². The number of halogens is 1. The molecule has 0 bridgehead atoms. The van der Waals surface area contributed by atoms with E-state index in [1.165, 1.54) is 0 Å². The van der Waals surface area contributed by atoms with Crippen molar-refractivity contribution in [3.63, 3.8) is 0 Å². The van der Waals surface area contributed by atoms with Gasteiger partial charge in [0, 0.05) is 0 Å². The summed E-state index contributed by atoms with van der Waals surface area (Å²) >= 11 is -3.36. The molecule has 1 aliphatic rings. The summed E-state index contributed by atoms with van der Waals surface area (Å²) in [5.41, 5.74) is 0. The maximum absolute atomic E-state index is 11.7. The molecular formula is C3AlFNO4-. The SMILES string of the molecule is O=C1[O][Al]([F])[O]C1=O.[C-]#N. The van der Waals surface area contributed by atoms with Crippen molar-refractivity contribution in [2.24, 2.45) is 0 Å². The fraction of sp³-hybridized carbons (Fsp3) is 0. The molecule has 10 heavy (non-hydrogen) atoms. The quantitative estimate of drug-likeness (QED) is 0.261. The second-order valence-electron chi connectivity index (χ2n) is 1.09. The summed E-state index contributed by atoms with van der Waals surface area (Å²) in [4.78, 5) is 19.8. The predicted molar refractivity (Wildman–Crippen MR) is 24.0 cm³/mol. The van der Waals surface area contributed by atoms with E-state index in [1.54, 1.807) is 0 Å². The van der Waals surface area contributed by atoms with Gasteiger partial charge < -0.3 is 22.9 Å². The van der Waals surface area contributed by atoms with Crippen molar-refractivity contribution in [1.82, 2.24) is 0 Å². The Kier molecular flexibility index (Phi) is 3.41. The molecule has 1 rings (SSSR count). The molecule has 1 fully saturated rings.